The van der Waals surface area contributed by atoms with Crippen LogP contribution < -0.4 is 10.3 Å². The number of benzene rings is 2. The number of thioether (sulfide) groups is 1. The third kappa shape index (κ3) is 4.30. The second-order valence-corrected chi connectivity index (χ2v) is 7.58. The van der Waals surface area contributed by atoms with Gasteiger partial charge in [-0.05, 0) is 30.2 Å². The van der Waals surface area contributed by atoms with E-state index >= 15 is 0 Å². The molecule has 4 rings (SSSR count). The van der Waals surface area contributed by atoms with Crippen molar-refractivity contribution in [2.45, 2.75) is 24.4 Å². The zero-order valence-electron chi connectivity index (χ0n) is 16.2. The van der Waals surface area contributed by atoms with Gasteiger partial charge >= 0.3 is 0 Å². The average Bonchev–Trinajstić information content (AvgIpc) is 2.76. The molecule has 0 atom stereocenters. The van der Waals surface area contributed by atoms with E-state index in [1.165, 1.54) is 23.5 Å². The fourth-order valence-corrected chi connectivity index (χ4v) is 3.89. The van der Waals surface area contributed by atoms with Crippen molar-refractivity contribution in [3.05, 3.63) is 88.0 Å². The third-order valence-electron chi connectivity index (χ3n) is 4.52. The van der Waals surface area contributed by atoms with Crippen molar-refractivity contribution in [3.8, 4) is 5.75 Å². The van der Waals surface area contributed by atoms with Crippen LogP contribution >= 0.6 is 11.8 Å². The van der Waals surface area contributed by atoms with E-state index in [0.29, 0.717) is 23.1 Å². The van der Waals surface area contributed by atoms with E-state index < -0.39 is 0 Å². The zero-order valence-corrected chi connectivity index (χ0v) is 17.0. The number of rotatable bonds is 6. The van der Waals surface area contributed by atoms with E-state index in [9.17, 15) is 4.79 Å². The van der Waals surface area contributed by atoms with E-state index in [1.807, 2.05) is 55.5 Å². The van der Waals surface area contributed by atoms with Crippen LogP contribution in [0, 0.1) is 6.92 Å². The zero-order chi connectivity index (χ0) is 20.2. The maximum absolute atomic E-state index is 13.1. The highest BCUT2D eigenvalue weighted by atomic mass is 32.2. The van der Waals surface area contributed by atoms with Crippen LogP contribution in [0.1, 0.15) is 16.7 Å². The number of methoxy groups -OCH3 is 1. The molecule has 0 saturated carbocycles. The molecular weight excluding hydrogens is 384 g/mol. The predicted molar refractivity (Wildman–Crippen MR) is 114 cm³/mol. The molecule has 6 nitrogen and oxygen atoms in total. The number of fused-ring (bicyclic) bond motifs is 1. The van der Waals surface area contributed by atoms with Crippen LogP contribution in [0.25, 0.3) is 11.2 Å². The Labute approximate surface area is 172 Å². The summed E-state index contributed by atoms with van der Waals surface area (Å²) >= 11 is 1.50. The average molecular weight is 404 g/mol. The van der Waals surface area contributed by atoms with Gasteiger partial charge in [-0.2, -0.15) is 0 Å². The van der Waals surface area contributed by atoms with Crippen LogP contribution in [0.2, 0.25) is 0 Å². The standard InChI is InChI=1S/C22H20N4O2S/c1-15-6-8-16(9-7-15)13-26-21(27)19-20(24-11-10-23-19)25-22(26)29-14-17-4-3-5-18(12-17)28-2/h3-12H,13-14H2,1-2H3. The molecule has 2 aromatic heterocycles. The van der Waals surface area contributed by atoms with Crippen molar-refractivity contribution in [2.24, 2.45) is 0 Å². The lowest BCUT2D eigenvalue weighted by atomic mass is 10.1. The molecular formula is C22H20N4O2S. The van der Waals surface area contributed by atoms with Gasteiger partial charge in [-0.25, -0.2) is 15.0 Å². The molecule has 0 aliphatic carbocycles. The molecule has 0 spiro atoms. The second-order valence-electron chi connectivity index (χ2n) is 6.64. The Morgan fingerprint density at radius 3 is 2.62 bits per heavy atom. The van der Waals surface area contributed by atoms with Crippen LogP contribution in [0.15, 0.2) is 70.9 Å². The van der Waals surface area contributed by atoms with E-state index in [2.05, 4.69) is 15.0 Å². The van der Waals surface area contributed by atoms with Gasteiger partial charge in [0.25, 0.3) is 5.56 Å². The van der Waals surface area contributed by atoms with Gasteiger partial charge in [0.2, 0.25) is 0 Å². The SMILES string of the molecule is COc1cccc(CSc2nc3nccnc3c(=O)n2Cc2ccc(C)cc2)c1. The van der Waals surface area contributed by atoms with Crippen molar-refractivity contribution in [2.75, 3.05) is 7.11 Å². The molecule has 0 aliphatic heterocycles. The van der Waals surface area contributed by atoms with Gasteiger partial charge in [0.15, 0.2) is 16.3 Å². The quantitative estimate of drug-likeness (QED) is 0.359. The van der Waals surface area contributed by atoms with Crippen molar-refractivity contribution in [1.29, 1.82) is 0 Å². The van der Waals surface area contributed by atoms with Crippen LogP contribution in [0.4, 0.5) is 0 Å². The topological polar surface area (TPSA) is 69.9 Å². The number of hydrogen-bond acceptors (Lipinski definition) is 6. The lowest BCUT2D eigenvalue weighted by molar-refractivity contribution is 0.414. The molecule has 0 aliphatic rings. The summed E-state index contributed by atoms with van der Waals surface area (Å²) in [5.74, 6) is 1.46. The number of aromatic nitrogens is 4. The van der Waals surface area contributed by atoms with E-state index in [4.69, 9.17) is 4.74 Å². The maximum Gasteiger partial charge on any atom is 0.282 e. The van der Waals surface area contributed by atoms with Crippen molar-refractivity contribution >= 4 is 22.9 Å². The van der Waals surface area contributed by atoms with Gasteiger partial charge < -0.3 is 4.74 Å². The molecule has 0 saturated heterocycles. The summed E-state index contributed by atoms with van der Waals surface area (Å²) in [5, 5.41) is 0.617. The molecule has 2 heterocycles. The minimum atomic E-state index is -0.184. The van der Waals surface area contributed by atoms with Crippen LogP contribution in [0.5, 0.6) is 5.75 Å². The fourth-order valence-electron chi connectivity index (χ4n) is 2.96. The molecule has 0 unspecified atom stereocenters. The lowest BCUT2D eigenvalue weighted by Gasteiger charge is -2.13. The lowest BCUT2D eigenvalue weighted by Crippen LogP contribution is -2.25. The van der Waals surface area contributed by atoms with Crippen molar-refractivity contribution in [1.82, 2.24) is 19.5 Å². The van der Waals surface area contributed by atoms with Gasteiger partial charge in [0.05, 0.1) is 13.7 Å². The molecule has 4 aromatic rings. The second kappa shape index (κ2) is 8.45. The highest BCUT2D eigenvalue weighted by Crippen LogP contribution is 2.24. The highest BCUT2D eigenvalue weighted by Gasteiger charge is 2.14. The summed E-state index contributed by atoms with van der Waals surface area (Å²) in [6.07, 6.45) is 3.07. The van der Waals surface area contributed by atoms with Crippen LogP contribution in [0.3, 0.4) is 0 Å². The maximum atomic E-state index is 13.1. The Morgan fingerprint density at radius 2 is 1.83 bits per heavy atom. The monoisotopic (exact) mass is 404 g/mol. The summed E-state index contributed by atoms with van der Waals surface area (Å²) in [4.78, 5) is 26.2. The Balaban J connectivity index is 1.72. The summed E-state index contributed by atoms with van der Waals surface area (Å²) < 4.78 is 6.97. The van der Waals surface area contributed by atoms with Gasteiger partial charge in [0.1, 0.15) is 5.75 Å². The first kappa shape index (κ1) is 19.1. The summed E-state index contributed by atoms with van der Waals surface area (Å²) in [5.41, 5.74) is 3.76. The molecule has 2 aromatic carbocycles. The first-order valence-corrected chi connectivity index (χ1v) is 10.2. The minimum Gasteiger partial charge on any atom is -0.497 e. The summed E-state index contributed by atoms with van der Waals surface area (Å²) in [7, 11) is 1.65. The first-order chi connectivity index (χ1) is 14.1. The molecule has 0 bridgehead atoms. The molecule has 0 radical (unpaired) electrons. The number of ether oxygens (including phenoxy) is 1. The number of nitrogens with zero attached hydrogens (tertiary/aromatic N) is 4. The molecule has 0 amide bonds. The molecule has 29 heavy (non-hydrogen) atoms. The highest BCUT2D eigenvalue weighted by molar-refractivity contribution is 7.98. The fraction of sp³-hybridized carbons (Fsp3) is 0.182. The van der Waals surface area contributed by atoms with Crippen molar-refractivity contribution in [3.63, 3.8) is 0 Å². The van der Waals surface area contributed by atoms with E-state index in [-0.39, 0.29) is 11.1 Å². The minimum absolute atomic E-state index is 0.184. The van der Waals surface area contributed by atoms with E-state index in [1.54, 1.807) is 17.9 Å². The smallest absolute Gasteiger partial charge is 0.282 e. The number of hydrogen-bond donors (Lipinski definition) is 0. The molecule has 0 N–H and O–H groups in total. The van der Waals surface area contributed by atoms with Gasteiger partial charge in [0, 0.05) is 18.1 Å². The third-order valence-corrected chi connectivity index (χ3v) is 5.57. The van der Waals surface area contributed by atoms with Crippen molar-refractivity contribution < 1.29 is 4.74 Å². The Kier molecular flexibility index (Phi) is 5.57. The summed E-state index contributed by atoms with van der Waals surface area (Å²) in [6.45, 7) is 2.47. The normalized spacial score (nSPS) is 11.0. The van der Waals surface area contributed by atoms with Crippen LogP contribution in [-0.2, 0) is 12.3 Å². The molecule has 7 heteroatoms. The molecule has 146 valence electrons. The Morgan fingerprint density at radius 1 is 1.03 bits per heavy atom. The van der Waals surface area contributed by atoms with E-state index in [0.717, 1.165) is 16.9 Å². The largest absolute Gasteiger partial charge is 0.497 e. The van der Waals surface area contributed by atoms with Crippen LogP contribution in [-0.4, -0.2) is 26.6 Å². The first-order valence-electron chi connectivity index (χ1n) is 9.17. The Hall–Kier alpha value is -3.19. The predicted octanol–water partition coefficient (Wildman–Crippen LogP) is 3.84. The van der Waals surface area contributed by atoms with Gasteiger partial charge in [-0.3, -0.25) is 9.36 Å². The Bertz CT molecular complexity index is 1210. The number of aryl methyl sites for hydroxylation is 1. The van der Waals surface area contributed by atoms with Gasteiger partial charge in [-0.15, -0.1) is 0 Å². The summed E-state index contributed by atoms with van der Waals surface area (Å²) in [6, 6.07) is 16.0. The van der Waals surface area contributed by atoms with Gasteiger partial charge in [-0.1, -0.05) is 53.7 Å². The molecule has 0 fully saturated rings.